The molecule has 2 rings (SSSR count). The molecule has 11 nitrogen and oxygen atoms in total. The lowest BCUT2D eigenvalue weighted by Crippen LogP contribution is -2.59. The van der Waals surface area contributed by atoms with Crippen LogP contribution in [0.4, 0.5) is 0 Å². The molecule has 8 N–H and O–H groups in total. The van der Waals surface area contributed by atoms with Crippen LogP contribution in [0.1, 0.15) is 12.5 Å². The SMILES string of the molecule is CC(O)C(NC(=O)CN)C(=O)NC(Cc1c[nH]c2ccccc12)C(=O)NC(CS)C(=O)O. The lowest BCUT2D eigenvalue weighted by molar-refractivity contribution is -0.141. The van der Waals surface area contributed by atoms with Crippen LogP contribution in [-0.4, -0.2) is 75.4 Å². The lowest BCUT2D eigenvalue weighted by atomic mass is 10.0. The Balaban J connectivity index is 2.30. The Morgan fingerprint density at radius 1 is 1.09 bits per heavy atom. The van der Waals surface area contributed by atoms with Crippen molar-refractivity contribution in [3.05, 3.63) is 36.0 Å². The number of nitrogens with one attached hydrogen (secondary N) is 4. The number of rotatable bonds is 11. The van der Waals surface area contributed by atoms with Gasteiger partial charge < -0.3 is 36.9 Å². The minimum atomic E-state index is -1.36. The number of aliphatic hydroxyl groups excluding tert-OH is 1. The van der Waals surface area contributed by atoms with Crippen molar-refractivity contribution in [3.63, 3.8) is 0 Å². The number of thiol groups is 1. The van der Waals surface area contributed by atoms with E-state index in [0.29, 0.717) is 5.56 Å². The number of aliphatic carboxylic acids is 1. The van der Waals surface area contributed by atoms with Crippen molar-refractivity contribution in [3.8, 4) is 0 Å². The maximum atomic E-state index is 12.9. The van der Waals surface area contributed by atoms with Gasteiger partial charge in [-0.1, -0.05) is 18.2 Å². The first-order valence-electron chi connectivity index (χ1n) is 9.84. The molecule has 0 saturated carbocycles. The average molecular weight is 466 g/mol. The molecule has 0 radical (unpaired) electrons. The molecule has 12 heteroatoms. The average Bonchev–Trinajstić information content (AvgIpc) is 3.17. The number of H-pyrrole nitrogens is 1. The third-order valence-corrected chi connectivity index (χ3v) is 5.16. The second-order valence-corrected chi connectivity index (χ2v) is 7.56. The zero-order valence-corrected chi connectivity index (χ0v) is 18.3. The van der Waals surface area contributed by atoms with Gasteiger partial charge in [-0.3, -0.25) is 14.4 Å². The van der Waals surface area contributed by atoms with Crippen molar-refractivity contribution in [2.45, 2.75) is 37.6 Å². The number of para-hydroxylation sites is 1. The minimum Gasteiger partial charge on any atom is -0.480 e. The van der Waals surface area contributed by atoms with E-state index in [2.05, 4.69) is 33.6 Å². The topological polar surface area (TPSA) is 187 Å². The molecule has 0 aliphatic carbocycles. The largest absolute Gasteiger partial charge is 0.480 e. The van der Waals surface area contributed by atoms with Gasteiger partial charge in [-0.2, -0.15) is 12.6 Å². The van der Waals surface area contributed by atoms with Crippen LogP contribution in [0, 0.1) is 0 Å². The molecule has 174 valence electrons. The highest BCUT2D eigenvalue weighted by Crippen LogP contribution is 2.19. The molecule has 2 aromatic rings. The van der Waals surface area contributed by atoms with E-state index in [4.69, 9.17) is 5.73 Å². The fraction of sp³-hybridized carbons (Fsp3) is 0.400. The molecular formula is C20H27N5O6S. The fourth-order valence-corrected chi connectivity index (χ4v) is 3.33. The van der Waals surface area contributed by atoms with E-state index in [9.17, 15) is 29.4 Å². The smallest absolute Gasteiger partial charge is 0.327 e. The van der Waals surface area contributed by atoms with Gasteiger partial charge in [-0.05, 0) is 18.6 Å². The summed E-state index contributed by atoms with van der Waals surface area (Å²) in [6.07, 6.45) is 0.441. The summed E-state index contributed by atoms with van der Waals surface area (Å²) in [4.78, 5) is 51.7. The highest BCUT2D eigenvalue weighted by atomic mass is 32.1. The van der Waals surface area contributed by atoms with Gasteiger partial charge in [0.15, 0.2) is 0 Å². The molecule has 4 atom stereocenters. The Kier molecular flexibility index (Phi) is 9.05. The predicted octanol–water partition coefficient (Wildman–Crippen LogP) is -1.48. The van der Waals surface area contributed by atoms with Crippen LogP contribution in [0.2, 0.25) is 0 Å². The van der Waals surface area contributed by atoms with Crippen molar-refractivity contribution in [2.24, 2.45) is 5.73 Å². The highest BCUT2D eigenvalue weighted by molar-refractivity contribution is 7.80. The number of amides is 3. The Morgan fingerprint density at radius 2 is 1.75 bits per heavy atom. The number of fused-ring (bicyclic) bond motifs is 1. The first-order chi connectivity index (χ1) is 15.2. The van der Waals surface area contributed by atoms with E-state index >= 15 is 0 Å². The molecule has 0 aliphatic rings. The standard InChI is InChI=1S/C20H27N5O6S/c1-10(26)17(25-16(27)7-21)19(29)23-14(18(28)24-15(9-32)20(30)31)6-11-8-22-13-5-3-2-4-12(11)13/h2-5,8,10,14-15,17,22,26,32H,6-7,9,21H2,1H3,(H,23,29)(H,24,28)(H,25,27)(H,30,31). The molecule has 1 aromatic heterocycles. The zero-order chi connectivity index (χ0) is 23.8. The Labute approximate surface area is 189 Å². The van der Waals surface area contributed by atoms with Crippen molar-refractivity contribution in [1.82, 2.24) is 20.9 Å². The van der Waals surface area contributed by atoms with Crippen LogP contribution in [0.25, 0.3) is 10.9 Å². The van der Waals surface area contributed by atoms with Gasteiger partial charge in [0.25, 0.3) is 0 Å². The number of carboxylic acid groups (broad SMARTS) is 1. The normalized spacial score (nSPS) is 14.8. The molecule has 1 aromatic carbocycles. The number of benzene rings is 1. The van der Waals surface area contributed by atoms with Crippen molar-refractivity contribution in [1.29, 1.82) is 0 Å². The van der Waals surface area contributed by atoms with E-state index < -0.39 is 54.5 Å². The maximum absolute atomic E-state index is 12.9. The number of aromatic amines is 1. The molecular weight excluding hydrogens is 438 g/mol. The van der Waals surface area contributed by atoms with Gasteiger partial charge in [0.05, 0.1) is 12.6 Å². The number of carbonyl (C=O) groups excluding carboxylic acids is 3. The number of hydrogen-bond donors (Lipinski definition) is 8. The highest BCUT2D eigenvalue weighted by Gasteiger charge is 2.31. The molecule has 1 heterocycles. The van der Waals surface area contributed by atoms with Gasteiger partial charge in [-0.25, -0.2) is 4.79 Å². The van der Waals surface area contributed by atoms with Gasteiger partial charge in [0.2, 0.25) is 17.7 Å². The molecule has 0 fully saturated rings. The quantitative estimate of drug-likeness (QED) is 0.186. The number of nitrogens with two attached hydrogens (primary N) is 1. The predicted molar refractivity (Wildman–Crippen MR) is 120 cm³/mol. The van der Waals surface area contributed by atoms with Crippen LogP contribution in [0.15, 0.2) is 30.5 Å². The number of carbonyl (C=O) groups is 4. The van der Waals surface area contributed by atoms with Gasteiger partial charge in [-0.15, -0.1) is 0 Å². The van der Waals surface area contributed by atoms with Crippen molar-refractivity contribution in [2.75, 3.05) is 12.3 Å². The number of aliphatic hydroxyl groups is 1. The minimum absolute atomic E-state index is 0.0257. The van der Waals surface area contributed by atoms with Crippen LogP contribution < -0.4 is 21.7 Å². The number of hydrogen-bond acceptors (Lipinski definition) is 7. The van der Waals surface area contributed by atoms with Crippen molar-refractivity contribution < 1.29 is 29.4 Å². The second kappa shape index (κ2) is 11.5. The molecule has 0 saturated heterocycles. The number of carboxylic acids is 1. The monoisotopic (exact) mass is 465 g/mol. The van der Waals surface area contributed by atoms with E-state index in [-0.39, 0.29) is 12.2 Å². The van der Waals surface area contributed by atoms with E-state index in [1.807, 2.05) is 24.3 Å². The molecule has 32 heavy (non-hydrogen) atoms. The summed E-state index contributed by atoms with van der Waals surface area (Å²) in [6.45, 7) is 0.912. The van der Waals surface area contributed by atoms with E-state index in [1.165, 1.54) is 6.92 Å². The second-order valence-electron chi connectivity index (χ2n) is 7.20. The Hall–Kier alpha value is -3.09. The van der Waals surface area contributed by atoms with Crippen LogP contribution >= 0.6 is 12.6 Å². The van der Waals surface area contributed by atoms with Crippen LogP contribution in [0.5, 0.6) is 0 Å². The summed E-state index contributed by atoms with van der Waals surface area (Å²) in [5, 5.41) is 27.1. The molecule has 4 unspecified atom stereocenters. The third kappa shape index (κ3) is 6.45. The lowest BCUT2D eigenvalue weighted by Gasteiger charge is -2.25. The van der Waals surface area contributed by atoms with Crippen LogP contribution in [0.3, 0.4) is 0 Å². The van der Waals surface area contributed by atoms with Crippen LogP contribution in [-0.2, 0) is 25.6 Å². The van der Waals surface area contributed by atoms with Crippen molar-refractivity contribution >= 4 is 47.2 Å². The molecule has 0 spiro atoms. The zero-order valence-electron chi connectivity index (χ0n) is 17.4. The third-order valence-electron chi connectivity index (χ3n) is 4.80. The van der Waals surface area contributed by atoms with Gasteiger partial charge in [0, 0.05) is 29.3 Å². The summed E-state index contributed by atoms with van der Waals surface area (Å²) in [5.74, 6) is -3.66. The first kappa shape index (κ1) is 25.2. The maximum Gasteiger partial charge on any atom is 0.327 e. The molecule has 0 bridgehead atoms. The van der Waals surface area contributed by atoms with E-state index in [0.717, 1.165) is 10.9 Å². The Morgan fingerprint density at radius 3 is 2.34 bits per heavy atom. The Bertz CT molecular complexity index is 978. The van der Waals surface area contributed by atoms with Gasteiger partial charge in [0.1, 0.15) is 18.1 Å². The van der Waals surface area contributed by atoms with Gasteiger partial charge >= 0.3 is 5.97 Å². The summed E-state index contributed by atoms with van der Waals surface area (Å²) in [5.41, 5.74) is 6.79. The fourth-order valence-electron chi connectivity index (χ4n) is 3.09. The molecule has 3 amide bonds. The summed E-state index contributed by atoms with van der Waals surface area (Å²) >= 11 is 3.93. The summed E-state index contributed by atoms with van der Waals surface area (Å²) in [7, 11) is 0. The first-order valence-corrected chi connectivity index (χ1v) is 10.5. The summed E-state index contributed by atoms with van der Waals surface area (Å²) < 4.78 is 0. The van der Waals surface area contributed by atoms with E-state index in [1.54, 1.807) is 6.20 Å². The molecule has 0 aliphatic heterocycles. The number of aromatic nitrogens is 1. The summed E-state index contributed by atoms with van der Waals surface area (Å²) in [6, 6.07) is 3.53.